The molecule has 10 nitrogen and oxygen atoms in total. The van der Waals surface area contributed by atoms with E-state index in [0.29, 0.717) is 60.1 Å². The van der Waals surface area contributed by atoms with Crippen molar-refractivity contribution in [2.75, 3.05) is 0 Å². The van der Waals surface area contributed by atoms with Crippen molar-refractivity contribution < 1.29 is 66.4 Å². The predicted molar refractivity (Wildman–Crippen MR) is 304 cm³/mol. The van der Waals surface area contributed by atoms with Crippen molar-refractivity contribution in [3.63, 3.8) is 0 Å². The van der Waals surface area contributed by atoms with Gasteiger partial charge in [0.2, 0.25) is 5.95 Å². The van der Waals surface area contributed by atoms with Crippen LogP contribution in [0.25, 0.3) is 66.0 Å². The summed E-state index contributed by atoms with van der Waals surface area (Å²) in [5.41, 5.74) is 2.98. The number of nitro groups is 1. The molecule has 0 saturated carbocycles. The number of halogens is 15. The van der Waals surface area contributed by atoms with E-state index in [2.05, 4.69) is 45.8 Å². The van der Waals surface area contributed by atoms with Gasteiger partial charge in [-0.1, -0.05) is 82.1 Å². The fourth-order valence-electron chi connectivity index (χ4n) is 8.05. The van der Waals surface area contributed by atoms with Gasteiger partial charge >= 0.3 is 0 Å². The van der Waals surface area contributed by atoms with Gasteiger partial charge in [-0.05, 0) is 85.3 Å². The minimum Gasteiger partial charge on any atom is -0.454 e. The Balaban J connectivity index is 0.000000149. The van der Waals surface area contributed by atoms with E-state index in [9.17, 15) is 67.2 Å². The number of benzene rings is 5. The number of aromatic nitrogens is 6. The second kappa shape index (κ2) is 30.1. The van der Waals surface area contributed by atoms with Crippen molar-refractivity contribution >= 4 is 87.9 Å². The van der Waals surface area contributed by atoms with E-state index in [-0.39, 0.29) is 50.0 Å². The first-order valence-electron chi connectivity index (χ1n) is 24.8. The zero-order valence-electron chi connectivity index (χ0n) is 43.9. The third kappa shape index (κ3) is 16.8. The maximum Gasteiger partial charge on any atom is 0.270 e. The standard InChI is InChI=1S/C14H9F2NO.C10H6BrF2N.C10H6ClF2N.C10H6F2N2O2.C10H7F2N.C7H6F3N/c15-14(16)10-6-7-17-11-8-12(18-13(10)11)9-4-2-1-3-5-9;11-6-1-2-7-8(10(12)13)3-4-14-9(7)5-6;11-6-1-2-9-8(5-6)7(10(12)13)3-4-14-9;11-10(12)7-3-4-13-9-2-1-6(14(15)16)5-8(7)9;11-10(12)8-5-6-13-9-4-2-1-3-7(8)9;1-4-3-11-6(8)2-5(4)7(9)10/h1-8,14H;2*1-5,10H;1-5,10H;1-6,10H;2-3,7H,1H3. The SMILES string of the molecule is Cc1cnc(F)cc1C(F)F.FC(F)c1ccnc2cc(-c3ccccc3)oc12.FC(F)c1ccnc2cc(Br)ccc12.FC(F)c1ccnc2ccc(Cl)cc12.FC(F)c1ccnc2ccccc12.O=[N+]([O-])c1ccc2nccc(C(F)F)c2c1. The van der Waals surface area contributed by atoms with Crippen molar-refractivity contribution in [2.24, 2.45) is 0 Å². The number of pyridine rings is 6. The number of hydrogen-bond acceptors (Lipinski definition) is 9. The van der Waals surface area contributed by atoms with Crippen molar-refractivity contribution in [1.29, 1.82) is 0 Å². The molecular formula is C61H40BrClF13N7O3. The van der Waals surface area contributed by atoms with Crippen molar-refractivity contribution in [3.05, 3.63) is 253 Å². The van der Waals surface area contributed by atoms with Crippen LogP contribution in [0.2, 0.25) is 5.02 Å². The van der Waals surface area contributed by atoms with E-state index in [1.54, 1.807) is 60.7 Å². The van der Waals surface area contributed by atoms with Gasteiger partial charge in [0, 0.05) is 126 Å². The first kappa shape index (κ1) is 64.4. The number of rotatable bonds is 8. The number of hydrogen-bond donors (Lipinski definition) is 0. The fourth-order valence-corrected chi connectivity index (χ4v) is 8.57. The Kier molecular flexibility index (Phi) is 22.5. The molecule has 7 heterocycles. The Morgan fingerprint density at radius 3 is 1.44 bits per heavy atom. The fraction of sp³-hybridized carbons (Fsp3) is 0.115. The molecule has 0 aliphatic rings. The maximum atomic E-state index is 12.8. The summed E-state index contributed by atoms with van der Waals surface area (Å²) in [6.45, 7) is 1.47. The maximum absolute atomic E-state index is 12.8. The van der Waals surface area contributed by atoms with E-state index in [0.717, 1.165) is 34.4 Å². The van der Waals surface area contributed by atoms with Crippen LogP contribution in [0.4, 0.5) is 62.8 Å². The first-order chi connectivity index (χ1) is 41.1. The summed E-state index contributed by atoms with van der Waals surface area (Å²) in [5.74, 6) is -0.322. The summed E-state index contributed by atoms with van der Waals surface area (Å²) in [7, 11) is 0. The van der Waals surface area contributed by atoms with Crippen LogP contribution in [0, 0.1) is 23.0 Å². The van der Waals surface area contributed by atoms with Gasteiger partial charge in [0.25, 0.3) is 44.2 Å². The summed E-state index contributed by atoms with van der Waals surface area (Å²) < 4.78 is 169. The molecule has 5 aromatic carbocycles. The molecule has 25 heteroatoms. The Hall–Kier alpha value is -9.16. The number of furan rings is 1. The average molecular weight is 1280 g/mol. The quantitative estimate of drug-likeness (QED) is 0.0631. The van der Waals surface area contributed by atoms with Crippen LogP contribution in [0.15, 0.2) is 198 Å². The van der Waals surface area contributed by atoms with E-state index < -0.39 is 49.4 Å². The largest absolute Gasteiger partial charge is 0.454 e. The van der Waals surface area contributed by atoms with Gasteiger partial charge in [-0.25, -0.2) is 57.7 Å². The normalized spacial score (nSPS) is 11.0. The lowest BCUT2D eigenvalue weighted by Crippen LogP contribution is -1.93. The Labute approximate surface area is 492 Å². The smallest absolute Gasteiger partial charge is 0.270 e. The number of non-ortho nitro benzene ring substituents is 1. The van der Waals surface area contributed by atoms with Gasteiger partial charge in [0.15, 0.2) is 5.58 Å². The summed E-state index contributed by atoms with van der Waals surface area (Å²) in [6.07, 6.45) is -7.36. The van der Waals surface area contributed by atoms with Gasteiger partial charge in [-0.3, -0.25) is 35.0 Å². The zero-order chi connectivity index (χ0) is 62.2. The molecule has 0 amide bonds. The Morgan fingerprint density at radius 2 is 0.907 bits per heavy atom. The third-order valence-electron chi connectivity index (χ3n) is 12.2. The van der Waals surface area contributed by atoms with Gasteiger partial charge in [0.1, 0.15) is 11.3 Å². The summed E-state index contributed by atoms with van der Waals surface area (Å²) >= 11 is 8.99. The number of alkyl halides is 12. The average Bonchev–Trinajstić information content (AvgIpc) is 2.24. The summed E-state index contributed by atoms with van der Waals surface area (Å²) in [4.78, 5) is 33.0. The molecular weight excluding hydrogens is 1240 g/mol. The molecule has 0 N–H and O–H groups in total. The zero-order valence-corrected chi connectivity index (χ0v) is 46.2. The van der Waals surface area contributed by atoms with Crippen molar-refractivity contribution in [3.8, 4) is 11.3 Å². The highest BCUT2D eigenvalue weighted by atomic mass is 79.9. The molecule has 7 aromatic heterocycles. The Morgan fingerprint density at radius 1 is 0.453 bits per heavy atom. The lowest BCUT2D eigenvalue weighted by molar-refractivity contribution is -0.384. The van der Waals surface area contributed by atoms with Crippen LogP contribution in [0.3, 0.4) is 0 Å². The Bertz CT molecular complexity index is 4240. The molecule has 12 aromatic rings. The molecule has 442 valence electrons. The molecule has 0 radical (unpaired) electrons. The van der Waals surface area contributed by atoms with E-state index >= 15 is 0 Å². The van der Waals surface area contributed by atoms with Crippen LogP contribution in [-0.2, 0) is 0 Å². The number of aryl methyl sites for hydroxylation is 1. The number of nitrogens with zero attached hydrogens (tertiary/aromatic N) is 7. The second-order valence-corrected chi connectivity index (χ2v) is 19.0. The highest BCUT2D eigenvalue weighted by Crippen LogP contribution is 2.35. The van der Waals surface area contributed by atoms with Crippen LogP contribution in [0.1, 0.15) is 77.5 Å². The lowest BCUT2D eigenvalue weighted by atomic mass is 10.1. The van der Waals surface area contributed by atoms with E-state index in [1.165, 1.54) is 80.4 Å². The van der Waals surface area contributed by atoms with Gasteiger partial charge < -0.3 is 4.42 Å². The van der Waals surface area contributed by atoms with Crippen LogP contribution in [0.5, 0.6) is 0 Å². The molecule has 12 rings (SSSR count). The van der Waals surface area contributed by atoms with Gasteiger partial charge in [-0.15, -0.1) is 0 Å². The van der Waals surface area contributed by atoms with E-state index in [4.69, 9.17) is 16.0 Å². The molecule has 0 saturated heterocycles. The number of nitro benzene ring substituents is 1. The highest BCUT2D eigenvalue weighted by Gasteiger charge is 2.19. The van der Waals surface area contributed by atoms with E-state index in [1.807, 2.05) is 30.3 Å². The third-order valence-corrected chi connectivity index (χ3v) is 12.9. The number of para-hydroxylation sites is 1. The monoisotopic (exact) mass is 1280 g/mol. The van der Waals surface area contributed by atoms with Crippen molar-refractivity contribution in [1.82, 2.24) is 29.9 Å². The summed E-state index contributed by atoms with van der Waals surface area (Å²) in [5, 5.41) is 12.5. The van der Waals surface area contributed by atoms with Gasteiger partial charge in [0.05, 0.1) is 32.6 Å². The van der Waals surface area contributed by atoms with Crippen LogP contribution >= 0.6 is 27.5 Å². The molecule has 0 aliphatic carbocycles. The molecule has 0 unspecified atom stereocenters. The predicted octanol–water partition coefficient (Wildman–Crippen LogP) is 20.9. The number of fused-ring (bicyclic) bond motifs is 5. The van der Waals surface area contributed by atoms with Crippen molar-refractivity contribution in [2.45, 2.75) is 45.5 Å². The minimum atomic E-state index is -2.67. The molecule has 0 fully saturated rings. The molecule has 0 bridgehead atoms. The van der Waals surface area contributed by atoms with Gasteiger partial charge in [-0.2, -0.15) is 4.39 Å². The molecule has 86 heavy (non-hydrogen) atoms. The highest BCUT2D eigenvalue weighted by molar-refractivity contribution is 9.10. The van der Waals surface area contributed by atoms with Crippen LogP contribution in [-0.4, -0.2) is 34.8 Å². The van der Waals surface area contributed by atoms with Crippen LogP contribution < -0.4 is 0 Å². The minimum absolute atomic E-state index is 0.0301. The molecule has 0 spiro atoms. The molecule has 0 aliphatic heterocycles. The molecule has 0 atom stereocenters. The summed E-state index contributed by atoms with van der Waals surface area (Å²) in [6, 6.07) is 38.7. The second-order valence-electron chi connectivity index (χ2n) is 17.7. The first-order valence-corrected chi connectivity index (χ1v) is 26.0. The topological polar surface area (TPSA) is 134 Å². The lowest BCUT2D eigenvalue weighted by Gasteiger charge is -2.04.